The molecule has 2 aromatic heterocycles. The fourth-order valence-corrected chi connectivity index (χ4v) is 1.83. The molecular weight excluding hydrogens is 357 g/mol. The number of nitrogens with zero attached hydrogens (tertiary/aromatic N) is 4. The lowest BCUT2D eigenvalue weighted by molar-refractivity contribution is -0.141. The quantitative estimate of drug-likeness (QED) is 0.903. The fraction of sp³-hybridized carbons (Fsp3) is 0.364. The van der Waals surface area contributed by atoms with Crippen molar-refractivity contribution >= 4 is 21.9 Å². The second-order valence-corrected chi connectivity index (χ2v) is 4.58. The zero-order valence-corrected chi connectivity index (χ0v) is 12.5. The first-order chi connectivity index (χ1) is 9.74. The van der Waals surface area contributed by atoms with Crippen LogP contribution in [-0.4, -0.2) is 30.6 Å². The molecule has 2 rings (SSSR count). The number of alkyl halides is 3. The first-order valence-electron chi connectivity index (χ1n) is 5.73. The Kier molecular flexibility index (Phi) is 5.94. The highest BCUT2D eigenvalue weighted by Crippen LogP contribution is 2.29. The minimum atomic E-state index is -4.36. The number of aliphatic carboxylic acids is 1. The number of rotatable bonds is 3. The van der Waals surface area contributed by atoms with E-state index in [9.17, 15) is 18.0 Å². The monoisotopic (exact) mass is 368 g/mol. The summed E-state index contributed by atoms with van der Waals surface area (Å²) in [6.07, 6.45) is -1.21. The summed E-state index contributed by atoms with van der Waals surface area (Å²) in [5, 5.41) is 15.3. The topological polar surface area (TPSA) is 72.9 Å². The van der Waals surface area contributed by atoms with E-state index in [1.807, 2.05) is 0 Å². The first kappa shape index (κ1) is 17.2. The molecular formula is C11H12BrF3N4O2. The van der Waals surface area contributed by atoms with E-state index in [1.54, 1.807) is 25.4 Å². The van der Waals surface area contributed by atoms with Crippen molar-refractivity contribution in [2.75, 3.05) is 0 Å². The summed E-state index contributed by atoms with van der Waals surface area (Å²) in [6, 6.07) is 2.65. The third-order valence-electron chi connectivity index (χ3n) is 2.18. The van der Waals surface area contributed by atoms with Crippen LogP contribution in [0.2, 0.25) is 0 Å². The van der Waals surface area contributed by atoms with Gasteiger partial charge in [-0.3, -0.25) is 14.2 Å². The van der Waals surface area contributed by atoms with Crippen molar-refractivity contribution < 1.29 is 23.1 Å². The molecule has 1 N–H and O–H groups in total. The van der Waals surface area contributed by atoms with Gasteiger partial charge in [-0.25, -0.2) is 0 Å². The number of hydrogen-bond donors (Lipinski definition) is 1. The molecule has 0 bridgehead atoms. The molecule has 0 atom stereocenters. The summed E-state index contributed by atoms with van der Waals surface area (Å²) in [4.78, 5) is 10.0. The smallest absolute Gasteiger partial charge is 0.435 e. The van der Waals surface area contributed by atoms with Crippen LogP contribution in [0.5, 0.6) is 0 Å². The average molecular weight is 369 g/mol. The molecule has 21 heavy (non-hydrogen) atoms. The number of hydrogen-bond acceptors (Lipinski definition) is 3. The Morgan fingerprint density at radius 1 is 1.48 bits per heavy atom. The van der Waals surface area contributed by atoms with E-state index in [0.717, 1.165) is 6.07 Å². The van der Waals surface area contributed by atoms with E-state index in [2.05, 4.69) is 26.1 Å². The number of carboxylic acids is 1. The zero-order valence-electron chi connectivity index (χ0n) is 10.9. The van der Waals surface area contributed by atoms with Gasteiger partial charge >= 0.3 is 12.1 Å². The summed E-state index contributed by atoms with van der Waals surface area (Å²) in [5.74, 6) is -0.876. The van der Waals surface area contributed by atoms with Crippen molar-refractivity contribution in [2.45, 2.75) is 26.2 Å². The molecule has 0 unspecified atom stereocenters. The van der Waals surface area contributed by atoms with Gasteiger partial charge in [-0.2, -0.15) is 23.4 Å². The van der Waals surface area contributed by atoms with Gasteiger partial charge in [-0.15, -0.1) is 0 Å². The van der Waals surface area contributed by atoms with Gasteiger partial charge in [0.15, 0.2) is 5.69 Å². The summed E-state index contributed by atoms with van der Waals surface area (Å²) in [5.41, 5.74) is -0.865. The van der Waals surface area contributed by atoms with Crippen LogP contribution >= 0.6 is 15.9 Å². The Hall–Kier alpha value is -1.84. The van der Waals surface area contributed by atoms with Gasteiger partial charge in [0.05, 0.1) is 0 Å². The Balaban J connectivity index is 0.000000219. The standard InChI is InChI=1S/C6H6BrF3N2.C5H6N2O2/c1-2-12-5(7)3-4(11-12)6(8,9)10;8-5(9)4-7-3-1-2-6-7/h3H,2H2,1H3;1-3H,4H2,(H,8,9). The summed E-state index contributed by atoms with van der Waals surface area (Å²) < 4.78 is 39.0. The number of halogens is 4. The Morgan fingerprint density at radius 3 is 2.48 bits per heavy atom. The van der Waals surface area contributed by atoms with Crippen molar-refractivity contribution in [3.05, 3.63) is 34.8 Å². The largest absolute Gasteiger partial charge is 0.480 e. The number of aryl methyl sites for hydroxylation is 1. The Labute approximate surface area is 126 Å². The zero-order chi connectivity index (χ0) is 16.0. The third-order valence-corrected chi connectivity index (χ3v) is 2.82. The molecule has 2 heterocycles. The molecule has 0 aliphatic rings. The molecule has 10 heteroatoms. The predicted octanol–water partition coefficient (Wildman–Crippen LogP) is 2.65. The predicted molar refractivity (Wildman–Crippen MR) is 70.5 cm³/mol. The molecule has 0 aromatic carbocycles. The number of aromatic nitrogens is 4. The molecule has 0 spiro atoms. The molecule has 116 valence electrons. The van der Waals surface area contributed by atoms with E-state index in [-0.39, 0.29) is 6.54 Å². The summed E-state index contributed by atoms with van der Waals surface area (Å²) in [7, 11) is 0. The molecule has 0 aliphatic carbocycles. The molecule has 0 radical (unpaired) electrons. The van der Waals surface area contributed by atoms with E-state index >= 15 is 0 Å². The van der Waals surface area contributed by atoms with Gasteiger partial charge in [-0.1, -0.05) is 0 Å². The number of carboxylic acid groups (broad SMARTS) is 1. The van der Waals surface area contributed by atoms with Gasteiger partial charge in [-0.05, 0) is 28.9 Å². The van der Waals surface area contributed by atoms with Crippen LogP contribution in [0, 0.1) is 0 Å². The van der Waals surface area contributed by atoms with Crippen molar-refractivity contribution in [3.63, 3.8) is 0 Å². The number of carbonyl (C=O) groups is 1. The van der Waals surface area contributed by atoms with Crippen molar-refractivity contribution in [1.82, 2.24) is 19.6 Å². The van der Waals surface area contributed by atoms with Gasteiger partial charge in [0.25, 0.3) is 0 Å². The minimum absolute atomic E-state index is 0.0625. The summed E-state index contributed by atoms with van der Waals surface area (Å²) in [6.45, 7) is 2.07. The van der Waals surface area contributed by atoms with Gasteiger partial charge < -0.3 is 5.11 Å². The van der Waals surface area contributed by atoms with Crippen molar-refractivity contribution in [1.29, 1.82) is 0 Å². The second-order valence-electron chi connectivity index (χ2n) is 3.76. The molecule has 0 saturated carbocycles. The first-order valence-corrected chi connectivity index (χ1v) is 6.53. The highest BCUT2D eigenvalue weighted by atomic mass is 79.9. The molecule has 0 fully saturated rings. The molecule has 2 aromatic rings. The van der Waals surface area contributed by atoms with Crippen molar-refractivity contribution in [3.8, 4) is 0 Å². The maximum absolute atomic E-state index is 12.0. The lowest BCUT2D eigenvalue weighted by atomic mass is 10.4. The van der Waals surface area contributed by atoms with E-state index in [4.69, 9.17) is 5.11 Å². The Bertz CT molecular complexity index is 581. The maximum atomic E-state index is 12.0. The SMILES string of the molecule is CCn1nc(C(F)(F)F)cc1Br.O=C(O)Cn1cccn1. The van der Waals surface area contributed by atoms with Crippen LogP contribution in [0.1, 0.15) is 12.6 Å². The highest BCUT2D eigenvalue weighted by molar-refractivity contribution is 9.10. The lowest BCUT2D eigenvalue weighted by Gasteiger charge is -2.00. The molecule has 0 saturated heterocycles. The average Bonchev–Trinajstić information content (AvgIpc) is 2.97. The van der Waals surface area contributed by atoms with E-state index in [1.165, 1.54) is 9.36 Å². The maximum Gasteiger partial charge on any atom is 0.435 e. The van der Waals surface area contributed by atoms with Crippen molar-refractivity contribution in [2.24, 2.45) is 0 Å². The van der Waals surface area contributed by atoms with E-state index in [0.29, 0.717) is 11.1 Å². The minimum Gasteiger partial charge on any atom is -0.480 e. The van der Waals surface area contributed by atoms with Crippen LogP contribution in [0.4, 0.5) is 13.2 Å². The van der Waals surface area contributed by atoms with Gasteiger partial charge in [0.2, 0.25) is 0 Å². The van der Waals surface area contributed by atoms with Crippen LogP contribution in [0.3, 0.4) is 0 Å². The van der Waals surface area contributed by atoms with E-state index < -0.39 is 17.8 Å². The van der Waals surface area contributed by atoms with Crippen LogP contribution in [0.25, 0.3) is 0 Å². The summed E-state index contributed by atoms with van der Waals surface area (Å²) >= 11 is 2.97. The molecule has 6 nitrogen and oxygen atoms in total. The highest BCUT2D eigenvalue weighted by Gasteiger charge is 2.34. The second kappa shape index (κ2) is 7.25. The molecule has 0 aliphatic heterocycles. The third kappa shape index (κ3) is 5.58. The van der Waals surface area contributed by atoms with Crippen LogP contribution in [0.15, 0.2) is 29.1 Å². The fourth-order valence-electron chi connectivity index (χ4n) is 1.29. The lowest BCUT2D eigenvalue weighted by Crippen LogP contribution is -2.08. The van der Waals surface area contributed by atoms with Gasteiger partial charge in [0, 0.05) is 25.0 Å². The molecule has 0 amide bonds. The normalized spacial score (nSPS) is 10.9. The Morgan fingerprint density at radius 2 is 2.14 bits per heavy atom. The van der Waals surface area contributed by atoms with Crippen LogP contribution in [-0.2, 0) is 24.1 Å². The van der Waals surface area contributed by atoms with Gasteiger partial charge in [0.1, 0.15) is 11.1 Å². The van der Waals surface area contributed by atoms with Crippen LogP contribution < -0.4 is 0 Å².